The number of hydrogen-bond donors (Lipinski definition) is 1. The van der Waals surface area contributed by atoms with E-state index in [0.717, 1.165) is 18.2 Å². The van der Waals surface area contributed by atoms with Crippen molar-refractivity contribution in [3.63, 3.8) is 0 Å². The second-order valence-corrected chi connectivity index (χ2v) is 4.77. The van der Waals surface area contributed by atoms with E-state index in [1.54, 1.807) is 0 Å². The third-order valence-electron chi connectivity index (χ3n) is 2.72. The van der Waals surface area contributed by atoms with Crippen LogP contribution >= 0.6 is 11.6 Å². The van der Waals surface area contributed by atoms with Crippen molar-refractivity contribution in [1.29, 1.82) is 0 Å². The average Bonchev–Trinajstić information content (AvgIpc) is 2.54. The molecule has 2 rings (SSSR count). The third-order valence-corrected chi connectivity index (χ3v) is 3.01. The van der Waals surface area contributed by atoms with Gasteiger partial charge < -0.3 is 10.1 Å². The van der Waals surface area contributed by atoms with Gasteiger partial charge in [0.2, 0.25) is 29.1 Å². The van der Waals surface area contributed by atoms with Gasteiger partial charge in [-0.25, -0.2) is 17.6 Å². The van der Waals surface area contributed by atoms with Gasteiger partial charge in [0.05, 0.1) is 5.02 Å². The van der Waals surface area contributed by atoms with Gasteiger partial charge in [0, 0.05) is 5.69 Å². The number of carbonyl (C=O) groups is 1. The summed E-state index contributed by atoms with van der Waals surface area (Å²) in [4.78, 5) is 11.6. The lowest BCUT2D eigenvalue weighted by Crippen LogP contribution is -2.21. The number of nitrogens with one attached hydrogen (secondary N) is 1. The van der Waals surface area contributed by atoms with Gasteiger partial charge in [-0.2, -0.15) is 8.78 Å². The van der Waals surface area contributed by atoms with Gasteiger partial charge in [-0.1, -0.05) is 11.6 Å². The fraction of sp³-hybridized carbons (Fsp3) is 0.0714. The summed E-state index contributed by atoms with van der Waals surface area (Å²) >= 11 is 5.49. The Morgan fingerprint density at radius 3 is 2.04 bits per heavy atom. The zero-order valence-electron chi connectivity index (χ0n) is 11.4. The van der Waals surface area contributed by atoms with Crippen LogP contribution in [0, 0.1) is 34.9 Å². The van der Waals surface area contributed by atoms with E-state index < -0.39 is 53.2 Å². The van der Waals surface area contributed by atoms with Gasteiger partial charge in [-0.05, 0) is 18.2 Å². The minimum Gasteiger partial charge on any atom is -0.477 e. The van der Waals surface area contributed by atoms with E-state index in [1.165, 1.54) is 0 Å². The molecule has 128 valence electrons. The SMILES string of the molecule is O=C(COc1c(F)c(F)c(F)c(F)c1F)Nc1ccc(F)c(Cl)c1. The average molecular weight is 370 g/mol. The Morgan fingerprint density at radius 2 is 1.50 bits per heavy atom. The molecule has 0 saturated carbocycles. The van der Waals surface area contributed by atoms with Gasteiger partial charge in [0.1, 0.15) is 5.82 Å². The minimum atomic E-state index is -2.34. The number of rotatable bonds is 4. The van der Waals surface area contributed by atoms with E-state index in [0.29, 0.717) is 0 Å². The Hall–Kier alpha value is -2.42. The van der Waals surface area contributed by atoms with Crippen molar-refractivity contribution in [1.82, 2.24) is 0 Å². The van der Waals surface area contributed by atoms with Crippen LogP contribution in [0.1, 0.15) is 0 Å². The first-order chi connectivity index (χ1) is 11.2. The van der Waals surface area contributed by atoms with Crippen LogP contribution in [0.4, 0.5) is 32.0 Å². The van der Waals surface area contributed by atoms with Crippen molar-refractivity contribution in [2.24, 2.45) is 0 Å². The van der Waals surface area contributed by atoms with E-state index in [1.807, 2.05) is 0 Å². The fourth-order valence-corrected chi connectivity index (χ4v) is 1.80. The predicted molar refractivity (Wildman–Crippen MR) is 71.8 cm³/mol. The molecule has 24 heavy (non-hydrogen) atoms. The molecule has 1 amide bonds. The molecule has 2 aromatic rings. The van der Waals surface area contributed by atoms with Gasteiger partial charge in [0.15, 0.2) is 12.4 Å². The van der Waals surface area contributed by atoms with Crippen LogP contribution in [-0.4, -0.2) is 12.5 Å². The molecule has 0 fully saturated rings. The van der Waals surface area contributed by atoms with Crippen molar-refractivity contribution in [2.45, 2.75) is 0 Å². The summed E-state index contributed by atoms with van der Waals surface area (Å²) in [7, 11) is 0. The molecular weight excluding hydrogens is 364 g/mol. The van der Waals surface area contributed by atoms with Crippen molar-refractivity contribution in [2.75, 3.05) is 11.9 Å². The Balaban J connectivity index is 2.11. The summed E-state index contributed by atoms with van der Waals surface area (Å²) in [6.07, 6.45) is 0. The molecule has 1 N–H and O–H groups in total. The van der Waals surface area contributed by atoms with Crippen LogP contribution in [0.3, 0.4) is 0 Å². The number of benzene rings is 2. The number of hydrogen-bond acceptors (Lipinski definition) is 2. The first kappa shape index (κ1) is 17.9. The Labute approximate surface area is 135 Å². The van der Waals surface area contributed by atoms with Gasteiger partial charge in [0.25, 0.3) is 5.91 Å². The van der Waals surface area contributed by atoms with Crippen LogP contribution in [0.5, 0.6) is 5.75 Å². The first-order valence-corrected chi connectivity index (χ1v) is 6.49. The summed E-state index contributed by atoms with van der Waals surface area (Å²) < 4.78 is 82.8. The summed E-state index contributed by atoms with van der Waals surface area (Å²) in [5, 5.41) is 1.84. The van der Waals surface area contributed by atoms with E-state index in [-0.39, 0.29) is 10.7 Å². The third kappa shape index (κ3) is 3.56. The maximum Gasteiger partial charge on any atom is 0.262 e. The molecule has 0 radical (unpaired) electrons. The highest BCUT2D eigenvalue weighted by Gasteiger charge is 2.27. The van der Waals surface area contributed by atoms with Gasteiger partial charge in [-0.3, -0.25) is 4.79 Å². The zero-order valence-corrected chi connectivity index (χ0v) is 12.2. The summed E-state index contributed by atoms with van der Waals surface area (Å²) in [5.74, 6) is -14.5. The highest BCUT2D eigenvalue weighted by molar-refractivity contribution is 6.31. The lowest BCUT2D eigenvalue weighted by atomic mass is 10.2. The Kier molecular flexibility index (Phi) is 5.23. The first-order valence-electron chi connectivity index (χ1n) is 6.11. The second kappa shape index (κ2) is 7.00. The second-order valence-electron chi connectivity index (χ2n) is 4.36. The van der Waals surface area contributed by atoms with E-state index >= 15 is 0 Å². The summed E-state index contributed by atoms with van der Waals surface area (Å²) in [5.41, 5.74) is 0.0346. The number of ether oxygens (including phenoxy) is 1. The monoisotopic (exact) mass is 369 g/mol. The summed E-state index contributed by atoms with van der Waals surface area (Å²) in [6, 6.07) is 3.13. The van der Waals surface area contributed by atoms with Crippen LogP contribution in [0.25, 0.3) is 0 Å². The molecule has 0 aromatic heterocycles. The fourth-order valence-electron chi connectivity index (χ4n) is 1.62. The van der Waals surface area contributed by atoms with Crippen LogP contribution in [-0.2, 0) is 4.79 Å². The molecule has 10 heteroatoms. The number of amides is 1. The molecule has 0 unspecified atom stereocenters. The maximum atomic E-state index is 13.3. The van der Waals surface area contributed by atoms with Gasteiger partial charge >= 0.3 is 0 Å². The minimum absolute atomic E-state index is 0.0346. The zero-order chi connectivity index (χ0) is 18.0. The molecule has 0 bridgehead atoms. The molecule has 0 aliphatic rings. The molecule has 0 heterocycles. The van der Waals surface area contributed by atoms with Crippen molar-refractivity contribution in [3.8, 4) is 5.75 Å². The van der Waals surface area contributed by atoms with E-state index in [2.05, 4.69) is 10.1 Å². The highest BCUT2D eigenvalue weighted by Crippen LogP contribution is 2.29. The summed E-state index contributed by atoms with van der Waals surface area (Å²) in [6.45, 7) is -1.06. The van der Waals surface area contributed by atoms with E-state index in [9.17, 15) is 31.1 Å². The molecule has 0 aliphatic carbocycles. The quantitative estimate of drug-likeness (QED) is 0.498. The normalized spacial score (nSPS) is 10.6. The highest BCUT2D eigenvalue weighted by atomic mass is 35.5. The van der Waals surface area contributed by atoms with Crippen molar-refractivity contribution < 1.29 is 35.9 Å². The van der Waals surface area contributed by atoms with Crippen LogP contribution < -0.4 is 10.1 Å². The molecule has 0 atom stereocenters. The molecule has 0 saturated heterocycles. The number of halogens is 7. The lowest BCUT2D eigenvalue weighted by Gasteiger charge is -2.10. The van der Waals surface area contributed by atoms with Crippen molar-refractivity contribution in [3.05, 3.63) is 58.1 Å². The predicted octanol–water partition coefficient (Wildman–Crippen LogP) is 4.19. The largest absolute Gasteiger partial charge is 0.477 e. The number of anilines is 1. The Bertz CT molecular complexity index is 785. The standard InChI is InChI=1S/C14H6ClF6NO2/c15-6-3-5(1-2-7(6)16)22-8(23)4-24-14-12(20)10(18)9(17)11(19)13(14)21/h1-3H,4H2,(H,22,23). The number of carbonyl (C=O) groups excluding carboxylic acids is 1. The molecule has 0 aliphatic heterocycles. The molecule has 0 spiro atoms. The topological polar surface area (TPSA) is 38.3 Å². The van der Waals surface area contributed by atoms with Gasteiger partial charge in [-0.15, -0.1) is 0 Å². The maximum absolute atomic E-state index is 13.3. The van der Waals surface area contributed by atoms with E-state index in [4.69, 9.17) is 11.6 Å². The molecule has 3 nitrogen and oxygen atoms in total. The molecule has 2 aromatic carbocycles. The van der Waals surface area contributed by atoms with Crippen LogP contribution in [0.15, 0.2) is 18.2 Å². The lowest BCUT2D eigenvalue weighted by molar-refractivity contribution is -0.118. The van der Waals surface area contributed by atoms with Crippen LogP contribution in [0.2, 0.25) is 5.02 Å². The smallest absolute Gasteiger partial charge is 0.262 e. The molecular formula is C14H6ClF6NO2. The van der Waals surface area contributed by atoms with Crippen molar-refractivity contribution >= 4 is 23.2 Å². The Morgan fingerprint density at radius 1 is 0.958 bits per heavy atom.